The highest BCUT2D eigenvalue weighted by atomic mass is 16.3. The molecule has 2 heteroatoms. The summed E-state index contributed by atoms with van der Waals surface area (Å²) in [5.41, 5.74) is 0.649. The van der Waals surface area contributed by atoms with Gasteiger partial charge in [-0.2, -0.15) is 0 Å². The van der Waals surface area contributed by atoms with Crippen LogP contribution in [0.2, 0.25) is 0 Å². The molecule has 2 nitrogen and oxygen atoms in total. The molecule has 0 aromatic rings. The molecule has 1 fully saturated rings. The summed E-state index contributed by atoms with van der Waals surface area (Å²) in [5, 5.41) is 20.9. The van der Waals surface area contributed by atoms with Crippen LogP contribution in [0.3, 0.4) is 0 Å². The Hall–Kier alpha value is -0.340. The van der Waals surface area contributed by atoms with E-state index in [0.29, 0.717) is 12.3 Å². The Labute approximate surface area is 105 Å². The minimum atomic E-state index is -0.658. The Morgan fingerprint density at radius 3 is 2.53 bits per heavy atom. The zero-order valence-corrected chi connectivity index (χ0v) is 11.5. The van der Waals surface area contributed by atoms with E-state index in [1.54, 1.807) is 0 Å². The molecule has 0 aliphatic heterocycles. The van der Waals surface area contributed by atoms with Crippen LogP contribution in [-0.4, -0.2) is 21.9 Å². The Bertz CT molecular complexity index is 330. The Morgan fingerprint density at radius 2 is 1.94 bits per heavy atom. The van der Waals surface area contributed by atoms with Crippen molar-refractivity contribution in [1.82, 2.24) is 0 Å². The van der Waals surface area contributed by atoms with Gasteiger partial charge in [0.05, 0.1) is 11.7 Å². The molecule has 0 saturated heterocycles. The maximum Gasteiger partial charge on any atom is 0.0689 e. The molecule has 0 aromatic heterocycles. The number of hydrogen-bond donors (Lipinski definition) is 2. The van der Waals surface area contributed by atoms with Gasteiger partial charge >= 0.3 is 0 Å². The Kier molecular flexibility index (Phi) is 3.16. The molecule has 4 atom stereocenters. The number of hydrogen-bond acceptors (Lipinski definition) is 2. The molecule has 2 aliphatic carbocycles. The topological polar surface area (TPSA) is 40.5 Å². The van der Waals surface area contributed by atoms with Crippen molar-refractivity contribution in [2.24, 2.45) is 17.3 Å². The Morgan fingerprint density at radius 1 is 1.29 bits per heavy atom. The summed E-state index contributed by atoms with van der Waals surface area (Å²) in [5.74, 6) is 0.652. The maximum absolute atomic E-state index is 10.6. The van der Waals surface area contributed by atoms with E-state index in [4.69, 9.17) is 0 Å². The van der Waals surface area contributed by atoms with Crippen molar-refractivity contribution < 1.29 is 10.2 Å². The zero-order valence-electron chi connectivity index (χ0n) is 11.5. The van der Waals surface area contributed by atoms with E-state index in [2.05, 4.69) is 26.8 Å². The van der Waals surface area contributed by atoms with Gasteiger partial charge in [-0.15, -0.1) is 0 Å². The Balaban J connectivity index is 2.38. The van der Waals surface area contributed by atoms with Gasteiger partial charge in [0.2, 0.25) is 0 Å². The predicted octanol–water partition coefficient (Wildman–Crippen LogP) is 2.89. The van der Waals surface area contributed by atoms with Crippen LogP contribution >= 0.6 is 0 Å². The molecule has 0 radical (unpaired) electrons. The monoisotopic (exact) mass is 238 g/mol. The first-order valence-corrected chi connectivity index (χ1v) is 6.88. The van der Waals surface area contributed by atoms with E-state index in [0.717, 1.165) is 19.3 Å². The molecule has 0 bridgehead atoms. The maximum atomic E-state index is 10.6. The fourth-order valence-corrected chi connectivity index (χ4v) is 3.72. The first kappa shape index (κ1) is 13.1. The second-order valence-electron chi connectivity index (χ2n) is 6.79. The molecule has 0 unspecified atom stereocenters. The lowest BCUT2D eigenvalue weighted by molar-refractivity contribution is -0.138. The minimum absolute atomic E-state index is 0.102. The van der Waals surface area contributed by atoms with Crippen molar-refractivity contribution >= 4 is 0 Å². The summed E-state index contributed by atoms with van der Waals surface area (Å²) in [4.78, 5) is 0. The quantitative estimate of drug-likeness (QED) is 0.690. The van der Waals surface area contributed by atoms with Gasteiger partial charge in [0, 0.05) is 11.3 Å². The number of fused-ring (bicyclic) bond motifs is 1. The predicted molar refractivity (Wildman–Crippen MR) is 69.6 cm³/mol. The number of rotatable bonds is 1. The van der Waals surface area contributed by atoms with Crippen LogP contribution in [0.15, 0.2) is 11.6 Å². The molecular weight excluding hydrogens is 212 g/mol. The molecule has 2 aliphatic rings. The normalized spacial score (nSPS) is 46.6. The molecule has 2 rings (SSSR count). The van der Waals surface area contributed by atoms with E-state index in [-0.39, 0.29) is 17.4 Å². The number of aliphatic hydroxyl groups excluding tert-OH is 1. The van der Waals surface area contributed by atoms with Crippen LogP contribution in [0, 0.1) is 17.3 Å². The molecule has 1 saturated carbocycles. The summed E-state index contributed by atoms with van der Waals surface area (Å²) in [6.45, 7) is 8.50. The van der Waals surface area contributed by atoms with Crippen molar-refractivity contribution in [3.63, 3.8) is 0 Å². The van der Waals surface area contributed by atoms with Crippen LogP contribution in [0.4, 0.5) is 0 Å². The summed E-state index contributed by atoms with van der Waals surface area (Å²) in [6, 6.07) is 0. The third-order valence-electron chi connectivity index (χ3n) is 5.14. The van der Waals surface area contributed by atoms with Crippen LogP contribution in [0.25, 0.3) is 0 Å². The van der Waals surface area contributed by atoms with Crippen LogP contribution in [0.5, 0.6) is 0 Å². The molecule has 2 N–H and O–H groups in total. The van der Waals surface area contributed by atoms with Gasteiger partial charge in [0.15, 0.2) is 0 Å². The fourth-order valence-electron chi connectivity index (χ4n) is 3.72. The number of aliphatic hydroxyl groups is 2. The smallest absolute Gasteiger partial charge is 0.0689 e. The molecule has 0 amide bonds. The van der Waals surface area contributed by atoms with Crippen LogP contribution in [-0.2, 0) is 0 Å². The van der Waals surface area contributed by atoms with Crippen molar-refractivity contribution in [2.45, 2.75) is 65.1 Å². The standard InChI is InChI=1S/C15H26O2/c1-10(2)11-5-7-14(3)12(9-11)15(4,17)8-6-13(14)16/h9-10,12-13,16-17H,5-8H2,1-4H3/t12-,13-,14-,15+/m1/s1. The minimum Gasteiger partial charge on any atom is -0.393 e. The molecule has 17 heavy (non-hydrogen) atoms. The van der Waals surface area contributed by atoms with Crippen LogP contribution < -0.4 is 0 Å². The zero-order chi connectivity index (χ0) is 12.8. The highest BCUT2D eigenvalue weighted by Crippen LogP contribution is 2.53. The van der Waals surface area contributed by atoms with E-state index in [1.807, 2.05) is 6.92 Å². The van der Waals surface area contributed by atoms with Crippen molar-refractivity contribution in [1.29, 1.82) is 0 Å². The SMILES string of the molecule is CC(C)C1=C[C@@H]2[C@@](C)(CC1)[C@H](O)CC[C@]2(C)O. The van der Waals surface area contributed by atoms with Gasteiger partial charge in [0.1, 0.15) is 0 Å². The third kappa shape index (κ3) is 2.06. The average molecular weight is 238 g/mol. The summed E-state index contributed by atoms with van der Waals surface area (Å²) < 4.78 is 0. The lowest BCUT2D eigenvalue weighted by Crippen LogP contribution is -2.55. The summed E-state index contributed by atoms with van der Waals surface area (Å²) in [6.07, 6.45) is 5.49. The highest BCUT2D eigenvalue weighted by molar-refractivity contribution is 5.21. The third-order valence-corrected chi connectivity index (χ3v) is 5.14. The second-order valence-corrected chi connectivity index (χ2v) is 6.79. The van der Waals surface area contributed by atoms with Gasteiger partial charge in [-0.25, -0.2) is 0 Å². The van der Waals surface area contributed by atoms with Gasteiger partial charge < -0.3 is 10.2 Å². The van der Waals surface area contributed by atoms with Gasteiger partial charge in [-0.3, -0.25) is 0 Å². The molecule has 0 spiro atoms. The lowest BCUT2D eigenvalue weighted by Gasteiger charge is -2.54. The second kappa shape index (κ2) is 4.10. The van der Waals surface area contributed by atoms with Crippen LogP contribution in [0.1, 0.15) is 53.4 Å². The molecule has 98 valence electrons. The van der Waals surface area contributed by atoms with E-state index in [9.17, 15) is 10.2 Å². The van der Waals surface area contributed by atoms with Crippen molar-refractivity contribution in [3.05, 3.63) is 11.6 Å². The van der Waals surface area contributed by atoms with Crippen molar-refractivity contribution in [2.75, 3.05) is 0 Å². The fraction of sp³-hybridized carbons (Fsp3) is 0.867. The van der Waals surface area contributed by atoms with Gasteiger partial charge in [0.25, 0.3) is 0 Å². The first-order valence-electron chi connectivity index (χ1n) is 6.88. The molecule has 0 heterocycles. The molecular formula is C15H26O2. The van der Waals surface area contributed by atoms with Gasteiger partial charge in [-0.1, -0.05) is 32.4 Å². The van der Waals surface area contributed by atoms with Crippen molar-refractivity contribution in [3.8, 4) is 0 Å². The van der Waals surface area contributed by atoms with E-state index in [1.165, 1.54) is 5.57 Å². The van der Waals surface area contributed by atoms with Gasteiger partial charge in [-0.05, 0) is 38.5 Å². The summed E-state index contributed by atoms with van der Waals surface area (Å²) in [7, 11) is 0. The average Bonchev–Trinajstić information content (AvgIpc) is 2.24. The first-order chi connectivity index (χ1) is 7.77. The molecule has 0 aromatic carbocycles. The highest BCUT2D eigenvalue weighted by Gasteiger charge is 2.52. The number of allylic oxidation sites excluding steroid dienone is 1. The largest absolute Gasteiger partial charge is 0.393 e. The van der Waals surface area contributed by atoms with E-state index < -0.39 is 5.60 Å². The summed E-state index contributed by atoms with van der Waals surface area (Å²) >= 11 is 0. The lowest BCUT2D eigenvalue weighted by atomic mass is 9.55. The van der Waals surface area contributed by atoms with E-state index >= 15 is 0 Å².